The van der Waals surface area contributed by atoms with Gasteiger partial charge in [0.2, 0.25) is 5.89 Å². The van der Waals surface area contributed by atoms with Crippen molar-refractivity contribution < 1.29 is 18.3 Å². The minimum Gasteiger partial charge on any atom is -0.482 e. The zero-order chi connectivity index (χ0) is 16.7. The molecule has 1 aliphatic carbocycles. The van der Waals surface area contributed by atoms with Crippen LogP contribution in [0.5, 0.6) is 5.75 Å². The molecule has 5 nitrogen and oxygen atoms in total. The van der Waals surface area contributed by atoms with Gasteiger partial charge in [0.1, 0.15) is 17.8 Å². The van der Waals surface area contributed by atoms with Gasteiger partial charge in [0, 0.05) is 12.6 Å². The van der Waals surface area contributed by atoms with E-state index in [-0.39, 0.29) is 23.4 Å². The summed E-state index contributed by atoms with van der Waals surface area (Å²) in [7, 11) is 0. The van der Waals surface area contributed by atoms with Crippen LogP contribution in [0.4, 0.5) is 4.39 Å². The monoisotopic (exact) mass is 350 g/mol. The normalized spacial score (nSPS) is 22.2. The molecule has 1 aromatic heterocycles. The highest BCUT2D eigenvalue weighted by Crippen LogP contribution is 2.38. The Bertz CT molecular complexity index is 779. The average molecular weight is 351 g/mol. The minimum atomic E-state index is -0.434. The van der Waals surface area contributed by atoms with E-state index in [2.05, 4.69) is 4.98 Å². The van der Waals surface area contributed by atoms with E-state index in [1.165, 1.54) is 30.9 Å². The summed E-state index contributed by atoms with van der Waals surface area (Å²) in [4.78, 5) is 18.6. The largest absolute Gasteiger partial charge is 0.482 e. The maximum atomic E-state index is 13.0. The fourth-order valence-corrected chi connectivity index (χ4v) is 3.75. The number of fused-ring (bicyclic) bond motifs is 2. The second kappa shape index (κ2) is 6.09. The Morgan fingerprint density at radius 2 is 2.33 bits per heavy atom. The summed E-state index contributed by atoms with van der Waals surface area (Å²) < 4.78 is 23.8. The molecular formula is C17H16ClFN2O3. The second-order valence-electron chi connectivity index (χ2n) is 6.28. The highest BCUT2D eigenvalue weighted by atomic mass is 35.5. The predicted octanol–water partition coefficient (Wildman–Crippen LogP) is 3.67. The average Bonchev–Trinajstić information content (AvgIpc) is 3.30. The molecular weight excluding hydrogens is 335 g/mol. The number of benzene rings is 1. The van der Waals surface area contributed by atoms with Gasteiger partial charge in [-0.1, -0.05) is 11.6 Å². The van der Waals surface area contributed by atoms with Crippen LogP contribution in [0.1, 0.15) is 35.6 Å². The molecule has 24 heavy (non-hydrogen) atoms. The summed E-state index contributed by atoms with van der Waals surface area (Å²) in [6.45, 7) is 0.831. The molecule has 0 radical (unpaired) electrons. The molecule has 2 heterocycles. The molecule has 2 aromatic rings. The van der Waals surface area contributed by atoms with E-state index < -0.39 is 5.82 Å². The summed E-state index contributed by atoms with van der Waals surface area (Å²) >= 11 is 5.90. The number of piperidine rings is 1. The molecule has 2 bridgehead atoms. The molecule has 0 unspecified atom stereocenters. The quantitative estimate of drug-likeness (QED) is 0.844. The van der Waals surface area contributed by atoms with E-state index in [9.17, 15) is 9.18 Å². The predicted molar refractivity (Wildman–Crippen MR) is 84.4 cm³/mol. The van der Waals surface area contributed by atoms with E-state index in [0.29, 0.717) is 23.4 Å². The fraction of sp³-hybridized carbons (Fsp3) is 0.412. The second-order valence-corrected chi connectivity index (χ2v) is 6.69. The molecule has 1 aromatic carbocycles. The van der Waals surface area contributed by atoms with Gasteiger partial charge in [-0.3, -0.25) is 4.79 Å². The van der Waals surface area contributed by atoms with Gasteiger partial charge >= 0.3 is 0 Å². The lowest BCUT2D eigenvalue weighted by atomic mass is 10.1. The molecule has 2 fully saturated rings. The number of nitrogens with zero attached hydrogens (tertiary/aromatic N) is 2. The van der Waals surface area contributed by atoms with Crippen LogP contribution in [0.25, 0.3) is 0 Å². The van der Waals surface area contributed by atoms with Gasteiger partial charge in [0.05, 0.1) is 5.02 Å². The number of amides is 1. The maximum Gasteiger partial charge on any atom is 0.276 e. The van der Waals surface area contributed by atoms with Crippen molar-refractivity contribution in [3.63, 3.8) is 0 Å². The Balaban J connectivity index is 1.40. The number of hydrogen-bond donors (Lipinski definition) is 0. The number of ether oxygens (including phenoxy) is 1. The number of rotatable bonds is 4. The van der Waals surface area contributed by atoms with Crippen molar-refractivity contribution in [1.82, 2.24) is 9.88 Å². The van der Waals surface area contributed by atoms with E-state index >= 15 is 0 Å². The minimum absolute atomic E-state index is 0.0185. The van der Waals surface area contributed by atoms with Crippen molar-refractivity contribution >= 4 is 17.5 Å². The Morgan fingerprint density at radius 3 is 3.04 bits per heavy atom. The smallest absolute Gasteiger partial charge is 0.276 e. The SMILES string of the molecule is O=C(c1coc(COc2ccc(F)cc2Cl)n1)N1C[C@H]2CC[C@H]1C2. The molecule has 0 N–H and O–H groups in total. The number of carbonyl (C=O) groups is 1. The molecule has 126 valence electrons. The van der Waals surface area contributed by atoms with Crippen LogP contribution < -0.4 is 4.74 Å². The molecule has 7 heteroatoms. The van der Waals surface area contributed by atoms with Gasteiger partial charge in [-0.15, -0.1) is 0 Å². The molecule has 1 aliphatic heterocycles. The van der Waals surface area contributed by atoms with Crippen LogP contribution in [0.15, 0.2) is 28.9 Å². The van der Waals surface area contributed by atoms with Gasteiger partial charge in [0.15, 0.2) is 12.3 Å². The molecule has 2 aliphatic rings. The Hall–Kier alpha value is -2.08. The Labute approximate surface area is 143 Å². The van der Waals surface area contributed by atoms with Crippen molar-refractivity contribution in [3.8, 4) is 5.75 Å². The first-order chi connectivity index (χ1) is 11.6. The maximum absolute atomic E-state index is 13.0. The van der Waals surface area contributed by atoms with Crippen molar-refractivity contribution in [2.45, 2.75) is 31.9 Å². The van der Waals surface area contributed by atoms with E-state index in [4.69, 9.17) is 20.8 Å². The van der Waals surface area contributed by atoms with Crippen molar-refractivity contribution in [3.05, 3.63) is 46.9 Å². The standard InChI is InChI=1S/C17H16ClFN2O3/c18-13-6-11(19)2-4-15(13)23-9-16-20-14(8-24-16)17(22)21-7-10-1-3-12(21)5-10/h2,4,6,8,10,12H,1,3,5,7,9H2/t10-,12-/m0/s1. The van der Waals surface area contributed by atoms with Crippen LogP contribution in [0.2, 0.25) is 5.02 Å². The summed E-state index contributed by atoms with van der Waals surface area (Å²) in [5.41, 5.74) is 0.298. The van der Waals surface area contributed by atoms with E-state index in [0.717, 1.165) is 19.4 Å². The van der Waals surface area contributed by atoms with Gasteiger partial charge in [-0.25, -0.2) is 9.37 Å². The fourth-order valence-electron chi connectivity index (χ4n) is 3.53. The van der Waals surface area contributed by atoms with Crippen LogP contribution in [-0.4, -0.2) is 28.4 Å². The number of aromatic nitrogens is 1. The van der Waals surface area contributed by atoms with Crippen molar-refractivity contribution in [2.24, 2.45) is 5.92 Å². The third kappa shape index (κ3) is 2.86. The number of hydrogen-bond acceptors (Lipinski definition) is 4. The zero-order valence-corrected chi connectivity index (χ0v) is 13.6. The lowest BCUT2D eigenvalue weighted by Crippen LogP contribution is -2.37. The number of halogens is 2. The highest BCUT2D eigenvalue weighted by Gasteiger charge is 2.41. The van der Waals surface area contributed by atoms with Crippen LogP contribution >= 0.6 is 11.6 Å². The number of oxazole rings is 1. The summed E-state index contributed by atoms with van der Waals surface area (Å²) in [5, 5.41) is 0.172. The first-order valence-corrected chi connectivity index (χ1v) is 8.31. The first kappa shape index (κ1) is 15.4. The third-order valence-corrected chi connectivity index (χ3v) is 4.98. The highest BCUT2D eigenvalue weighted by molar-refractivity contribution is 6.32. The summed E-state index contributed by atoms with van der Waals surface area (Å²) in [5.74, 6) is 0.728. The zero-order valence-electron chi connectivity index (χ0n) is 12.9. The molecule has 1 amide bonds. The van der Waals surface area contributed by atoms with Gasteiger partial charge in [0.25, 0.3) is 5.91 Å². The van der Waals surface area contributed by atoms with Crippen molar-refractivity contribution in [2.75, 3.05) is 6.54 Å². The molecule has 4 rings (SSSR count). The Kier molecular flexibility index (Phi) is 3.92. The molecule has 1 saturated heterocycles. The molecule has 2 atom stereocenters. The van der Waals surface area contributed by atoms with E-state index in [1.807, 2.05) is 4.90 Å². The molecule has 0 spiro atoms. The van der Waals surface area contributed by atoms with Gasteiger partial charge < -0.3 is 14.1 Å². The first-order valence-electron chi connectivity index (χ1n) is 7.93. The lowest BCUT2D eigenvalue weighted by molar-refractivity contribution is 0.0697. The van der Waals surface area contributed by atoms with Crippen LogP contribution in [0.3, 0.4) is 0 Å². The van der Waals surface area contributed by atoms with Crippen molar-refractivity contribution in [1.29, 1.82) is 0 Å². The van der Waals surface area contributed by atoms with Crippen LogP contribution in [-0.2, 0) is 6.61 Å². The number of carbonyl (C=O) groups excluding carboxylic acids is 1. The lowest BCUT2D eigenvalue weighted by Gasteiger charge is -2.25. The van der Waals surface area contributed by atoms with Crippen LogP contribution in [0, 0.1) is 11.7 Å². The molecule has 1 saturated carbocycles. The van der Waals surface area contributed by atoms with E-state index in [1.54, 1.807) is 0 Å². The van der Waals surface area contributed by atoms with Gasteiger partial charge in [-0.2, -0.15) is 0 Å². The third-order valence-electron chi connectivity index (χ3n) is 4.69. The summed E-state index contributed by atoms with van der Waals surface area (Å²) in [6, 6.07) is 4.21. The van der Waals surface area contributed by atoms with Gasteiger partial charge in [-0.05, 0) is 43.4 Å². The summed E-state index contributed by atoms with van der Waals surface area (Å²) in [6.07, 6.45) is 4.75. The number of likely N-dealkylation sites (tertiary alicyclic amines) is 1. The topological polar surface area (TPSA) is 55.6 Å². The Morgan fingerprint density at radius 1 is 1.46 bits per heavy atom.